The molecule has 0 aromatic heterocycles. The molecule has 6 aromatic carbocycles. The summed E-state index contributed by atoms with van der Waals surface area (Å²) in [5.41, 5.74) is 3.07. The molecule has 0 saturated heterocycles. The third-order valence-corrected chi connectivity index (χ3v) is 12.1. The van der Waals surface area contributed by atoms with Crippen molar-refractivity contribution in [3.8, 4) is 0 Å². The van der Waals surface area contributed by atoms with Crippen LogP contribution in [0.5, 0.6) is 0 Å². The molecule has 0 aliphatic carbocycles. The molecule has 0 spiro atoms. The van der Waals surface area contributed by atoms with Crippen LogP contribution in [0.15, 0.2) is 84.9 Å². The van der Waals surface area contributed by atoms with E-state index in [1.807, 2.05) is 0 Å². The largest absolute Gasteiger partial charge is 4.00 e. The van der Waals surface area contributed by atoms with E-state index in [-0.39, 0.29) is 26.2 Å². The maximum absolute atomic E-state index is 3.60. The topological polar surface area (TPSA) is 0 Å². The zero-order valence-electron chi connectivity index (χ0n) is 26.7. The summed E-state index contributed by atoms with van der Waals surface area (Å²) in [5.74, 6) is 0. The van der Waals surface area contributed by atoms with Crippen molar-refractivity contribution in [2.75, 3.05) is 0 Å². The fourth-order valence-electron chi connectivity index (χ4n) is 6.33. The van der Waals surface area contributed by atoms with E-state index in [0.717, 1.165) is 25.7 Å². The minimum absolute atomic E-state index is 0. The Hall–Kier alpha value is -2.28. The maximum atomic E-state index is 3.60. The third-order valence-electron chi connectivity index (χ3n) is 8.44. The summed E-state index contributed by atoms with van der Waals surface area (Å²) >= 11 is 0. The van der Waals surface area contributed by atoms with Crippen molar-refractivity contribution >= 4 is 61.5 Å². The van der Waals surface area contributed by atoms with Crippen molar-refractivity contribution in [1.82, 2.24) is 0 Å². The predicted octanol–water partition coefficient (Wildman–Crippen LogP) is 10.9. The second-order valence-corrected chi connectivity index (χ2v) is 15.9. The number of hydrogen-bond acceptors (Lipinski definition) is 0. The molecule has 0 fully saturated rings. The van der Waals surface area contributed by atoms with Gasteiger partial charge in [0.25, 0.3) is 0 Å². The standard InChI is InChI=1S/C32H30Si.2C4H9.Zr/c1-5-21-19-25-17-15-23-11-7-9-13-27(23)29(25)31(21)33(3,4)32-22(6-2)20-26-18-16-24-12-8-10-14-28(24)30(26)32;2*1-3-4-2;/h7-20H,5-6H2,1-4H3;2*1,3-4H2,2H3;/q-2;2*-1;+4. The van der Waals surface area contributed by atoms with E-state index in [9.17, 15) is 0 Å². The summed E-state index contributed by atoms with van der Waals surface area (Å²) in [5, 5.41) is 14.6. The minimum Gasteiger partial charge on any atom is -0.343 e. The molecule has 6 aromatic rings. The summed E-state index contributed by atoms with van der Waals surface area (Å²) < 4.78 is 0. The van der Waals surface area contributed by atoms with Gasteiger partial charge in [-0.1, -0.05) is 125 Å². The smallest absolute Gasteiger partial charge is 0.343 e. The summed E-state index contributed by atoms with van der Waals surface area (Å²) in [6.07, 6.45) is 6.71. The summed E-state index contributed by atoms with van der Waals surface area (Å²) in [4.78, 5) is 0. The van der Waals surface area contributed by atoms with Gasteiger partial charge in [-0.2, -0.15) is 23.2 Å². The van der Waals surface area contributed by atoms with E-state index in [4.69, 9.17) is 0 Å². The predicted molar refractivity (Wildman–Crippen MR) is 190 cm³/mol. The number of fused-ring (bicyclic) bond motifs is 6. The van der Waals surface area contributed by atoms with Crippen LogP contribution in [0.3, 0.4) is 0 Å². The van der Waals surface area contributed by atoms with Gasteiger partial charge in [0.2, 0.25) is 0 Å². The van der Waals surface area contributed by atoms with Crippen LogP contribution in [0.2, 0.25) is 13.1 Å². The van der Waals surface area contributed by atoms with Gasteiger partial charge in [0.05, 0.1) is 0 Å². The van der Waals surface area contributed by atoms with E-state index in [2.05, 4.69) is 140 Å². The first kappa shape index (κ1) is 34.2. The van der Waals surface area contributed by atoms with E-state index < -0.39 is 8.07 Å². The molecule has 216 valence electrons. The SMILES string of the molecule is CCc1[cH-]c2ccc3ccccc3c2c1[Si](C)(C)c1c(CC)[cH-]c2ccc3ccccc3c12.[CH2-]CCC.[CH2-]CCC.[Zr+4]. The Balaban J connectivity index is 0.000000482. The molecule has 0 bridgehead atoms. The van der Waals surface area contributed by atoms with Crippen molar-refractivity contribution in [3.63, 3.8) is 0 Å². The van der Waals surface area contributed by atoms with E-state index >= 15 is 0 Å². The quantitative estimate of drug-likeness (QED) is 0.125. The molecule has 42 heavy (non-hydrogen) atoms. The van der Waals surface area contributed by atoms with Crippen molar-refractivity contribution < 1.29 is 26.2 Å². The number of hydrogen-bond donors (Lipinski definition) is 0. The molecule has 0 N–H and O–H groups in total. The Labute approximate surface area is 275 Å². The fourth-order valence-corrected chi connectivity index (χ4v) is 10.5. The van der Waals surface area contributed by atoms with Gasteiger partial charge in [0, 0.05) is 8.07 Å². The van der Waals surface area contributed by atoms with Gasteiger partial charge in [0.15, 0.2) is 0 Å². The number of unbranched alkanes of at least 4 members (excludes halogenated alkanes) is 2. The van der Waals surface area contributed by atoms with E-state index in [0.29, 0.717) is 0 Å². The van der Waals surface area contributed by atoms with Crippen LogP contribution in [0.4, 0.5) is 0 Å². The van der Waals surface area contributed by atoms with Gasteiger partial charge in [-0.15, -0.1) is 56.9 Å². The van der Waals surface area contributed by atoms with Crippen molar-refractivity contribution in [1.29, 1.82) is 0 Å². The van der Waals surface area contributed by atoms with Crippen LogP contribution in [0.1, 0.15) is 64.5 Å². The molecule has 0 aliphatic heterocycles. The number of benzene rings is 4. The van der Waals surface area contributed by atoms with Crippen LogP contribution in [0, 0.1) is 13.8 Å². The molecule has 0 heterocycles. The molecule has 0 atom stereocenters. The molecular formula is C40H48SiZr. The molecule has 0 aliphatic rings. The normalized spacial score (nSPS) is 11.2. The van der Waals surface area contributed by atoms with Crippen molar-refractivity contribution in [2.45, 2.75) is 79.3 Å². The van der Waals surface area contributed by atoms with Gasteiger partial charge in [0.1, 0.15) is 0 Å². The van der Waals surface area contributed by atoms with Gasteiger partial charge in [-0.05, 0) is 23.6 Å². The zero-order chi connectivity index (χ0) is 29.6. The summed E-state index contributed by atoms with van der Waals surface area (Å²) in [6.45, 7) is 21.3. The Morgan fingerprint density at radius 1 is 0.571 bits per heavy atom. The van der Waals surface area contributed by atoms with E-state index in [1.165, 1.54) is 67.1 Å². The fraction of sp³-hybridized carbons (Fsp3) is 0.300. The molecule has 2 heteroatoms. The average Bonchev–Trinajstić information content (AvgIpc) is 3.61. The van der Waals surface area contributed by atoms with Gasteiger partial charge in [-0.25, -0.2) is 0 Å². The second kappa shape index (κ2) is 15.4. The monoisotopic (exact) mass is 646 g/mol. The maximum Gasteiger partial charge on any atom is 4.00 e. The molecular weight excluding hydrogens is 600 g/mol. The van der Waals surface area contributed by atoms with Crippen molar-refractivity contribution in [3.05, 3.63) is 110 Å². The number of aryl methyl sites for hydroxylation is 2. The van der Waals surface area contributed by atoms with Crippen LogP contribution in [-0.4, -0.2) is 8.07 Å². The Morgan fingerprint density at radius 3 is 1.26 bits per heavy atom. The second-order valence-electron chi connectivity index (χ2n) is 11.6. The van der Waals surface area contributed by atoms with Crippen molar-refractivity contribution in [2.24, 2.45) is 0 Å². The average molecular weight is 648 g/mol. The summed E-state index contributed by atoms with van der Waals surface area (Å²) in [7, 11) is -2.05. The first-order valence-corrected chi connectivity index (χ1v) is 18.7. The van der Waals surface area contributed by atoms with Gasteiger partial charge >= 0.3 is 26.2 Å². The first-order valence-electron chi connectivity index (χ1n) is 15.7. The van der Waals surface area contributed by atoms with Crippen LogP contribution < -0.4 is 10.4 Å². The Kier molecular flexibility index (Phi) is 12.6. The molecule has 0 amide bonds. The van der Waals surface area contributed by atoms with E-state index in [1.54, 1.807) is 10.4 Å². The minimum atomic E-state index is -2.05. The van der Waals surface area contributed by atoms with Crippen LogP contribution >= 0.6 is 0 Å². The zero-order valence-corrected chi connectivity index (χ0v) is 30.2. The molecule has 6 rings (SSSR count). The Bertz CT molecular complexity index is 1600. The Morgan fingerprint density at radius 2 is 0.929 bits per heavy atom. The number of rotatable bonds is 6. The molecule has 0 unspecified atom stereocenters. The van der Waals surface area contributed by atoms with Gasteiger partial charge in [-0.3, -0.25) is 0 Å². The van der Waals surface area contributed by atoms with Gasteiger partial charge < -0.3 is 13.8 Å². The molecule has 0 saturated carbocycles. The third kappa shape index (κ3) is 6.61. The first-order chi connectivity index (χ1) is 19.9. The summed E-state index contributed by atoms with van der Waals surface area (Å²) in [6, 6.07) is 32.1. The van der Waals surface area contributed by atoms with Crippen LogP contribution in [0.25, 0.3) is 43.1 Å². The molecule has 0 nitrogen and oxygen atoms in total. The van der Waals surface area contributed by atoms with Crippen LogP contribution in [-0.2, 0) is 39.0 Å². The molecule has 0 radical (unpaired) electrons.